The zero-order chi connectivity index (χ0) is 17.1. The molecule has 1 heterocycles. The second kappa shape index (κ2) is 7.02. The quantitative estimate of drug-likeness (QED) is 0.658. The number of benzene rings is 2. The van der Waals surface area contributed by atoms with Crippen molar-refractivity contribution in [1.29, 1.82) is 0 Å². The van der Waals surface area contributed by atoms with Crippen LogP contribution in [0.2, 0.25) is 5.02 Å². The van der Waals surface area contributed by atoms with Crippen LogP contribution in [0.15, 0.2) is 48.5 Å². The summed E-state index contributed by atoms with van der Waals surface area (Å²) in [5.74, 6) is -0.981. The third-order valence-corrected chi connectivity index (χ3v) is 4.39. The molecule has 0 atom stereocenters. The first-order valence-corrected chi connectivity index (χ1v) is 8.40. The molecule has 0 bridgehead atoms. The lowest BCUT2D eigenvalue weighted by Gasteiger charge is -2.09. The number of carboxylic acids is 1. The zero-order valence-electron chi connectivity index (χ0n) is 13.4. The Morgan fingerprint density at radius 2 is 1.92 bits per heavy atom. The molecule has 24 heavy (non-hydrogen) atoms. The van der Waals surface area contributed by atoms with Crippen LogP contribution in [-0.4, -0.2) is 16.1 Å². The molecule has 0 spiro atoms. The lowest BCUT2D eigenvalue weighted by molar-refractivity contribution is 0.0699. The molecule has 4 heteroatoms. The van der Waals surface area contributed by atoms with Gasteiger partial charge in [-0.25, -0.2) is 9.78 Å². The number of nitrogens with zero attached hydrogens (tertiary/aromatic N) is 1. The minimum absolute atomic E-state index is 0.215. The lowest BCUT2D eigenvalue weighted by Crippen LogP contribution is -2.00. The highest BCUT2D eigenvalue weighted by Crippen LogP contribution is 2.29. The van der Waals surface area contributed by atoms with Crippen LogP contribution in [0.3, 0.4) is 0 Å². The predicted molar refractivity (Wildman–Crippen MR) is 97.8 cm³/mol. The van der Waals surface area contributed by atoms with Crippen LogP contribution >= 0.6 is 11.6 Å². The summed E-state index contributed by atoms with van der Waals surface area (Å²) < 4.78 is 0. The van der Waals surface area contributed by atoms with E-state index in [9.17, 15) is 9.90 Å². The van der Waals surface area contributed by atoms with Crippen LogP contribution in [0.1, 0.15) is 35.7 Å². The van der Waals surface area contributed by atoms with Gasteiger partial charge in [-0.1, -0.05) is 61.3 Å². The molecule has 1 aromatic heterocycles. The molecular weight excluding hydrogens is 322 g/mol. The summed E-state index contributed by atoms with van der Waals surface area (Å²) in [7, 11) is 0. The molecule has 0 aliphatic rings. The van der Waals surface area contributed by atoms with Crippen LogP contribution in [-0.2, 0) is 6.42 Å². The molecule has 1 N–H and O–H groups in total. The fourth-order valence-electron chi connectivity index (χ4n) is 2.76. The van der Waals surface area contributed by atoms with Crippen LogP contribution in [0.4, 0.5) is 0 Å². The van der Waals surface area contributed by atoms with Crippen LogP contribution in [0, 0.1) is 0 Å². The molecule has 3 rings (SSSR count). The second-order valence-corrected chi connectivity index (χ2v) is 6.20. The number of fused-ring (bicyclic) bond motifs is 1. The topological polar surface area (TPSA) is 50.2 Å². The van der Waals surface area contributed by atoms with E-state index in [1.807, 2.05) is 12.1 Å². The maximum absolute atomic E-state index is 11.6. The van der Waals surface area contributed by atoms with Crippen LogP contribution < -0.4 is 0 Å². The van der Waals surface area contributed by atoms with Crippen molar-refractivity contribution < 1.29 is 9.90 Å². The van der Waals surface area contributed by atoms with E-state index in [0.717, 1.165) is 24.8 Å². The zero-order valence-corrected chi connectivity index (χ0v) is 14.2. The van der Waals surface area contributed by atoms with Gasteiger partial charge in [0.05, 0.1) is 21.8 Å². The number of unbranched alkanes of at least 4 members (excludes halogenated alkanes) is 1. The first-order valence-electron chi connectivity index (χ1n) is 8.02. The highest BCUT2D eigenvalue weighted by atomic mass is 35.5. The van der Waals surface area contributed by atoms with Crippen molar-refractivity contribution in [2.45, 2.75) is 26.2 Å². The van der Waals surface area contributed by atoms with Gasteiger partial charge in [-0.05, 0) is 30.5 Å². The summed E-state index contributed by atoms with van der Waals surface area (Å²) in [5.41, 5.74) is 3.52. The van der Waals surface area contributed by atoms with Crippen molar-refractivity contribution >= 4 is 28.5 Å². The number of hydrogen-bond donors (Lipinski definition) is 1. The van der Waals surface area contributed by atoms with Gasteiger partial charge < -0.3 is 5.11 Å². The Morgan fingerprint density at radius 1 is 1.17 bits per heavy atom. The van der Waals surface area contributed by atoms with Crippen molar-refractivity contribution in [1.82, 2.24) is 4.98 Å². The van der Waals surface area contributed by atoms with E-state index in [1.54, 1.807) is 24.3 Å². The number of aromatic nitrogens is 1. The number of aryl methyl sites for hydroxylation is 1. The van der Waals surface area contributed by atoms with Gasteiger partial charge in [-0.3, -0.25) is 0 Å². The molecule has 0 fully saturated rings. The number of carbonyl (C=O) groups is 1. The van der Waals surface area contributed by atoms with E-state index in [-0.39, 0.29) is 5.56 Å². The van der Waals surface area contributed by atoms with Crippen molar-refractivity contribution in [3.8, 4) is 11.3 Å². The normalized spacial score (nSPS) is 10.9. The molecule has 0 saturated carbocycles. The fourth-order valence-corrected chi connectivity index (χ4v) is 2.98. The molecule has 0 saturated heterocycles. The molecule has 3 nitrogen and oxygen atoms in total. The number of pyridine rings is 1. The molecular formula is C20H18ClNO2. The molecule has 3 aromatic rings. The van der Waals surface area contributed by atoms with Gasteiger partial charge in [-0.15, -0.1) is 0 Å². The number of halogens is 1. The Labute approximate surface area is 145 Å². The standard InChI is InChI=1S/C20H18ClNO2/c1-2-3-5-13-8-10-14(11-9-13)18-12-16(20(23)24)15-6-4-7-17(21)19(15)22-18/h4,6-12H,2-3,5H2,1H3,(H,23,24). The Hall–Kier alpha value is -2.39. The lowest BCUT2D eigenvalue weighted by atomic mass is 10.0. The molecule has 0 amide bonds. The largest absolute Gasteiger partial charge is 0.478 e. The van der Waals surface area contributed by atoms with Gasteiger partial charge in [0.1, 0.15) is 0 Å². The van der Waals surface area contributed by atoms with E-state index >= 15 is 0 Å². The van der Waals surface area contributed by atoms with Crippen molar-refractivity contribution in [2.75, 3.05) is 0 Å². The van der Waals surface area contributed by atoms with E-state index in [1.165, 1.54) is 5.56 Å². The summed E-state index contributed by atoms with van der Waals surface area (Å²) in [6, 6.07) is 14.9. The summed E-state index contributed by atoms with van der Waals surface area (Å²) in [6.07, 6.45) is 3.37. The molecule has 0 aliphatic heterocycles. The SMILES string of the molecule is CCCCc1ccc(-c2cc(C(=O)O)c3cccc(Cl)c3n2)cc1. The van der Waals surface area contributed by atoms with E-state index in [2.05, 4.69) is 24.0 Å². The van der Waals surface area contributed by atoms with Crippen LogP contribution in [0.5, 0.6) is 0 Å². The number of rotatable bonds is 5. The Morgan fingerprint density at radius 3 is 2.58 bits per heavy atom. The Kier molecular flexibility index (Phi) is 4.81. The Bertz CT molecular complexity index is 888. The molecule has 0 aliphatic carbocycles. The van der Waals surface area contributed by atoms with Crippen molar-refractivity contribution in [3.05, 3.63) is 64.7 Å². The predicted octanol–water partition coefficient (Wildman–Crippen LogP) is 5.60. The second-order valence-electron chi connectivity index (χ2n) is 5.80. The molecule has 0 unspecified atom stereocenters. The number of aromatic carboxylic acids is 1. The number of hydrogen-bond acceptors (Lipinski definition) is 2. The van der Waals surface area contributed by atoms with Gasteiger partial charge >= 0.3 is 5.97 Å². The van der Waals surface area contributed by atoms with E-state index in [4.69, 9.17) is 11.6 Å². The molecule has 0 radical (unpaired) electrons. The van der Waals surface area contributed by atoms with E-state index < -0.39 is 5.97 Å². The summed E-state index contributed by atoms with van der Waals surface area (Å²) in [4.78, 5) is 16.2. The maximum Gasteiger partial charge on any atom is 0.336 e. The van der Waals surface area contributed by atoms with Crippen LogP contribution in [0.25, 0.3) is 22.2 Å². The van der Waals surface area contributed by atoms with Gasteiger partial charge in [0.2, 0.25) is 0 Å². The minimum Gasteiger partial charge on any atom is -0.478 e. The van der Waals surface area contributed by atoms with Gasteiger partial charge in [0.15, 0.2) is 0 Å². The van der Waals surface area contributed by atoms with E-state index in [0.29, 0.717) is 21.6 Å². The van der Waals surface area contributed by atoms with Gasteiger partial charge in [0.25, 0.3) is 0 Å². The highest BCUT2D eigenvalue weighted by molar-refractivity contribution is 6.35. The van der Waals surface area contributed by atoms with Gasteiger partial charge in [-0.2, -0.15) is 0 Å². The summed E-state index contributed by atoms with van der Waals surface area (Å²) >= 11 is 6.22. The summed E-state index contributed by atoms with van der Waals surface area (Å²) in [5, 5.41) is 10.5. The molecule has 2 aromatic carbocycles. The average molecular weight is 340 g/mol. The van der Waals surface area contributed by atoms with Gasteiger partial charge in [0, 0.05) is 10.9 Å². The third kappa shape index (κ3) is 3.26. The smallest absolute Gasteiger partial charge is 0.336 e. The number of carboxylic acid groups (broad SMARTS) is 1. The first kappa shape index (κ1) is 16.5. The van der Waals surface area contributed by atoms with Crippen molar-refractivity contribution in [2.24, 2.45) is 0 Å². The highest BCUT2D eigenvalue weighted by Gasteiger charge is 2.14. The fraction of sp³-hybridized carbons (Fsp3) is 0.200. The monoisotopic (exact) mass is 339 g/mol. The molecule has 122 valence electrons. The first-order chi connectivity index (χ1) is 11.6. The summed E-state index contributed by atoms with van der Waals surface area (Å²) in [6.45, 7) is 2.17. The average Bonchev–Trinajstić information content (AvgIpc) is 2.60. The van der Waals surface area contributed by atoms with Crippen molar-refractivity contribution in [3.63, 3.8) is 0 Å². The number of para-hydroxylation sites is 1. The Balaban J connectivity index is 2.09. The maximum atomic E-state index is 11.6. The minimum atomic E-state index is -0.981. The third-order valence-electron chi connectivity index (χ3n) is 4.09.